The summed E-state index contributed by atoms with van der Waals surface area (Å²) in [6.07, 6.45) is 0. The number of benzene rings is 3. The number of hydrogen-bond acceptors (Lipinski definition) is 6. The minimum absolute atomic E-state index is 0.0640. The standard InChI is InChI=1S/C23H19N3O5/c27-13-12-26-22(29)18-10-4-3-9-17(18)21(25-26)23(30)31-14-20(28)24-19-11-5-7-15-6-1-2-8-16(15)19/h1-11,27H,12-14H2,(H,24,28). The quantitative estimate of drug-likeness (QED) is 0.466. The molecule has 0 saturated carbocycles. The van der Waals surface area contributed by atoms with Gasteiger partial charge in [-0.25, -0.2) is 9.48 Å². The van der Waals surface area contributed by atoms with Crippen LogP contribution in [0.25, 0.3) is 21.5 Å². The van der Waals surface area contributed by atoms with E-state index in [9.17, 15) is 14.4 Å². The van der Waals surface area contributed by atoms with Crippen molar-refractivity contribution in [2.75, 3.05) is 18.5 Å². The average Bonchev–Trinajstić information content (AvgIpc) is 2.80. The van der Waals surface area contributed by atoms with Crippen LogP contribution in [0.5, 0.6) is 0 Å². The minimum Gasteiger partial charge on any atom is -0.451 e. The van der Waals surface area contributed by atoms with E-state index >= 15 is 0 Å². The molecule has 0 radical (unpaired) electrons. The van der Waals surface area contributed by atoms with Crippen LogP contribution in [0.1, 0.15) is 10.5 Å². The number of aromatic nitrogens is 2. The van der Waals surface area contributed by atoms with E-state index in [2.05, 4.69) is 10.4 Å². The Morgan fingerprint density at radius 2 is 1.61 bits per heavy atom. The lowest BCUT2D eigenvalue weighted by Crippen LogP contribution is -2.28. The minimum atomic E-state index is -0.837. The molecular formula is C23H19N3O5. The summed E-state index contributed by atoms with van der Waals surface area (Å²) in [6, 6.07) is 19.6. The number of anilines is 1. The third-order valence-electron chi connectivity index (χ3n) is 4.77. The maximum atomic E-state index is 12.7. The van der Waals surface area contributed by atoms with Crippen molar-refractivity contribution in [3.05, 3.63) is 82.8 Å². The number of ether oxygens (including phenoxy) is 1. The summed E-state index contributed by atoms with van der Waals surface area (Å²) < 4.78 is 6.17. The van der Waals surface area contributed by atoms with E-state index in [-0.39, 0.29) is 24.2 Å². The number of amides is 1. The van der Waals surface area contributed by atoms with Crippen LogP contribution in [0, 0.1) is 0 Å². The molecule has 4 aromatic rings. The Labute approximate surface area is 176 Å². The molecule has 0 fully saturated rings. The summed E-state index contributed by atoms with van der Waals surface area (Å²) in [7, 11) is 0. The van der Waals surface area contributed by atoms with E-state index in [4.69, 9.17) is 9.84 Å². The SMILES string of the molecule is O=C(COC(=O)c1nn(CCO)c(=O)c2ccccc12)Nc1cccc2ccccc12. The summed E-state index contributed by atoms with van der Waals surface area (Å²) in [5.41, 5.74) is 0.0933. The molecule has 0 atom stereocenters. The molecule has 4 rings (SSSR count). The molecule has 156 valence electrons. The number of fused-ring (bicyclic) bond motifs is 2. The Morgan fingerprint density at radius 1 is 0.935 bits per heavy atom. The second kappa shape index (κ2) is 8.76. The van der Waals surface area contributed by atoms with E-state index < -0.39 is 24.0 Å². The first-order valence-electron chi connectivity index (χ1n) is 9.64. The van der Waals surface area contributed by atoms with Crippen molar-refractivity contribution in [2.24, 2.45) is 0 Å². The zero-order valence-corrected chi connectivity index (χ0v) is 16.4. The predicted octanol–water partition coefficient (Wildman–Crippen LogP) is 2.34. The Morgan fingerprint density at radius 3 is 2.39 bits per heavy atom. The number of carbonyl (C=O) groups is 2. The number of hydrogen-bond donors (Lipinski definition) is 2. The molecule has 1 heterocycles. The number of nitrogens with one attached hydrogen (secondary N) is 1. The van der Waals surface area contributed by atoms with Gasteiger partial charge in [-0.3, -0.25) is 9.59 Å². The van der Waals surface area contributed by atoms with E-state index in [0.29, 0.717) is 11.1 Å². The second-order valence-electron chi connectivity index (χ2n) is 6.80. The molecule has 0 bridgehead atoms. The van der Waals surface area contributed by atoms with Crippen molar-refractivity contribution in [3.63, 3.8) is 0 Å². The second-order valence-corrected chi connectivity index (χ2v) is 6.80. The van der Waals surface area contributed by atoms with Gasteiger partial charge in [-0.2, -0.15) is 5.10 Å². The summed E-state index contributed by atoms with van der Waals surface area (Å²) in [5, 5.41) is 18.4. The van der Waals surface area contributed by atoms with Crippen molar-refractivity contribution in [1.82, 2.24) is 9.78 Å². The first-order chi connectivity index (χ1) is 15.1. The normalized spacial score (nSPS) is 10.9. The van der Waals surface area contributed by atoms with Gasteiger partial charge >= 0.3 is 5.97 Å². The highest BCUT2D eigenvalue weighted by Crippen LogP contribution is 2.23. The van der Waals surface area contributed by atoms with Gasteiger partial charge in [-0.05, 0) is 17.5 Å². The molecule has 0 aliphatic carbocycles. The highest BCUT2D eigenvalue weighted by molar-refractivity contribution is 6.05. The fourth-order valence-corrected chi connectivity index (χ4v) is 3.35. The lowest BCUT2D eigenvalue weighted by Gasteiger charge is -2.11. The molecule has 0 saturated heterocycles. The van der Waals surface area contributed by atoms with Crippen LogP contribution in [-0.2, 0) is 16.1 Å². The molecule has 2 N–H and O–H groups in total. The number of rotatable bonds is 6. The first-order valence-corrected chi connectivity index (χ1v) is 9.64. The number of carbonyl (C=O) groups excluding carboxylic acids is 2. The van der Waals surface area contributed by atoms with E-state index in [1.54, 1.807) is 30.3 Å². The van der Waals surface area contributed by atoms with Crippen molar-refractivity contribution in [3.8, 4) is 0 Å². The third kappa shape index (κ3) is 4.15. The summed E-state index contributed by atoms with van der Waals surface area (Å²) in [6.45, 7) is -0.893. The van der Waals surface area contributed by atoms with E-state index in [1.807, 2.05) is 36.4 Å². The molecule has 8 nitrogen and oxygen atoms in total. The largest absolute Gasteiger partial charge is 0.451 e. The molecule has 0 aliphatic rings. The fraction of sp³-hybridized carbons (Fsp3) is 0.130. The van der Waals surface area contributed by atoms with Gasteiger partial charge < -0.3 is 15.2 Å². The number of aliphatic hydroxyl groups is 1. The third-order valence-corrected chi connectivity index (χ3v) is 4.77. The molecule has 0 aliphatic heterocycles. The smallest absolute Gasteiger partial charge is 0.359 e. The van der Waals surface area contributed by atoms with Crippen LogP contribution in [0.4, 0.5) is 5.69 Å². The van der Waals surface area contributed by atoms with Gasteiger partial charge in [0.25, 0.3) is 11.5 Å². The van der Waals surface area contributed by atoms with Crippen LogP contribution >= 0.6 is 0 Å². The molecule has 0 unspecified atom stereocenters. The Kier molecular flexibility index (Phi) is 5.72. The topological polar surface area (TPSA) is 111 Å². The first kappa shape index (κ1) is 20.2. The summed E-state index contributed by atoms with van der Waals surface area (Å²) in [4.78, 5) is 37.5. The number of aliphatic hydroxyl groups excluding tert-OH is 1. The lowest BCUT2D eigenvalue weighted by atomic mass is 10.1. The number of esters is 1. The molecular weight excluding hydrogens is 398 g/mol. The van der Waals surface area contributed by atoms with Crippen LogP contribution in [0.2, 0.25) is 0 Å². The predicted molar refractivity (Wildman–Crippen MR) is 116 cm³/mol. The zero-order chi connectivity index (χ0) is 21.8. The van der Waals surface area contributed by atoms with Crippen molar-refractivity contribution < 1.29 is 19.4 Å². The van der Waals surface area contributed by atoms with Crippen LogP contribution in [0.15, 0.2) is 71.5 Å². The average molecular weight is 417 g/mol. The molecule has 1 aromatic heterocycles. The van der Waals surface area contributed by atoms with Crippen molar-refractivity contribution in [2.45, 2.75) is 6.54 Å². The molecule has 0 spiro atoms. The van der Waals surface area contributed by atoms with Crippen molar-refractivity contribution in [1.29, 1.82) is 0 Å². The molecule has 3 aromatic carbocycles. The van der Waals surface area contributed by atoms with Gasteiger partial charge in [0.05, 0.1) is 18.5 Å². The van der Waals surface area contributed by atoms with Crippen LogP contribution in [0.3, 0.4) is 0 Å². The Hall–Kier alpha value is -4.04. The summed E-state index contributed by atoms with van der Waals surface area (Å²) >= 11 is 0. The van der Waals surface area contributed by atoms with Gasteiger partial charge in [0.15, 0.2) is 12.3 Å². The fourth-order valence-electron chi connectivity index (χ4n) is 3.35. The van der Waals surface area contributed by atoms with Crippen LogP contribution in [-0.4, -0.2) is 40.0 Å². The summed E-state index contributed by atoms with van der Waals surface area (Å²) in [5.74, 6) is -1.34. The molecule has 31 heavy (non-hydrogen) atoms. The van der Waals surface area contributed by atoms with Gasteiger partial charge in [-0.15, -0.1) is 0 Å². The van der Waals surface area contributed by atoms with Crippen molar-refractivity contribution >= 4 is 39.1 Å². The molecule has 8 heteroatoms. The number of nitrogens with zero attached hydrogens (tertiary/aromatic N) is 2. The van der Waals surface area contributed by atoms with Gasteiger partial charge in [0.1, 0.15) is 0 Å². The highest BCUT2D eigenvalue weighted by atomic mass is 16.5. The van der Waals surface area contributed by atoms with Gasteiger partial charge in [0, 0.05) is 16.5 Å². The molecule has 1 amide bonds. The highest BCUT2D eigenvalue weighted by Gasteiger charge is 2.19. The van der Waals surface area contributed by atoms with Crippen LogP contribution < -0.4 is 10.9 Å². The van der Waals surface area contributed by atoms with E-state index in [0.717, 1.165) is 15.5 Å². The maximum absolute atomic E-state index is 12.7. The monoisotopic (exact) mass is 417 g/mol. The van der Waals surface area contributed by atoms with E-state index in [1.165, 1.54) is 0 Å². The zero-order valence-electron chi connectivity index (χ0n) is 16.4. The Balaban J connectivity index is 1.53. The maximum Gasteiger partial charge on any atom is 0.359 e. The van der Waals surface area contributed by atoms with Gasteiger partial charge in [0.2, 0.25) is 0 Å². The lowest BCUT2D eigenvalue weighted by molar-refractivity contribution is -0.119. The Bertz CT molecular complexity index is 1340. The van der Waals surface area contributed by atoms with Gasteiger partial charge in [-0.1, -0.05) is 54.6 Å².